The lowest BCUT2D eigenvalue weighted by atomic mass is 9.96. The Morgan fingerprint density at radius 1 is 0.391 bits per heavy atom. The molecule has 7 rings (SSSR count). The summed E-state index contributed by atoms with van der Waals surface area (Å²) in [5.74, 6) is 0. The molecule has 46 heavy (non-hydrogen) atoms. The lowest BCUT2D eigenvalue weighted by Crippen LogP contribution is -2.39. The Morgan fingerprint density at radius 2 is 0.717 bits per heavy atom. The van der Waals surface area contributed by atoms with Gasteiger partial charge in [0, 0.05) is 39.3 Å². The molecule has 0 aromatic heterocycles. The van der Waals surface area contributed by atoms with Gasteiger partial charge < -0.3 is 9.80 Å². The van der Waals surface area contributed by atoms with Crippen molar-refractivity contribution in [2.24, 2.45) is 0 Å². The number of nitrogens with zero attached hydrogens (tertiary/aromatic N) is 4. The number of likely N-dealkylation sites (N-methyl/N-ethyl adjacent to an activating group) is 2. The van der Waals surface area contributed by atoms with Gasteiger partial charge in [0.25, 0.3) is 0 Å². The summed E-state index contributed by atoms with van der Waals surface area (Å²) in [5, 5.41) is 10.9. The van der Waals surface area contributed by atoms with Crippen LogP contribution < -0.4 is 0 Å². The summed E-state index contributed by atoms with van der Waals surface area (Å²) >= 11 is 0. The smallest absolute Gasteiger partial charge is 0.0246 e. The van der Waals surface area contributed by atoms with Gasteiger partial charge in [-0.2, -0.15) is 0 Å². The highest BCUT2D eigenvalue weighted by Crippen LogP contribution is 2.31. The van der Waals surface area contributed by atoms with E-state index in [9.17, 15) is 0 Å². The first kappa shape index (κ1) is 30.8. The van der Waals surface area contributed by atoms with E-state index in [0.29, 0.717) is 0 Å². The second-order valence-corrected chi connectivity index (χ2v) is 13.5. The molecule has 1 fully saturated rings. The Hall–Kier alpha value is -3.80. The molecule has 1 saturated heterocycles. The summed E-state index contributed by atoms with van der Waals surface area (Å²) in [6, 6.07) is 40.5. The van der Waals surface area contributed by atoms with Gasteiger partial charge in [-0.25, -0.2) is 0 Å². The zero-order valence-electron chi connectivity index (χ0n) is 27.7. The van der Waals surface area contributed by atoms with Gasteiger partial charge in [-0.3, -0.25) is 9.80 Å². The molecule has 0 saturated carbocycles. The lowest BCUT2D eigenvalue weighted by molar-refractivity contribution is 0.174. The maximum atomic E-state index is 2.71. The SMILES string of the molecule is CN1CCCN(Cc2c3ccccc3cc3ccccc23)CCN(C)CCCN(Cc2c3ccccc3cc3ccccc23)CC1. The number of rotatable bonds is 4. The van der Waals surface area contributed by atoms with Crippen LogP contribution in [0.15, 0.2) is 109 Å². The van der Waals surface area contributed by atoms with E-state index in [0.717, 1.165) is 65.4 Å². The van der Waals surface area contributed by atoms with Crippen LogP contribution in [0.3, 0.4) is 0 Å². The molecule has 0 unspecified atom stereocenters. The van der Waals surface area contributed by atoms with Crippen LogP contribution in [0.1, 0.15) is 24.0 Å². The second-order valence-electron chi connectivity index (χ2n) is 13.5. The third-order valence-corrected chi connectivity index (χ3v) is 10.2. The average molecular weight is 609 g/mol. The van der Waals surface area contributed by atoms with Crippen molar-refractivity contribution in [2.75, 3.05) is 66.5 Å². The fourth-order valence-electron chi connectivity index (χ4n) is 7.52. The summed E-state index contributed by atoms with van der Waals surface area (Å²) in [6.45, 7) is 10.8. The Morgan fingerprint density at radius 3 is 1.07 bits per heavy atom. The molecular weight excluding hydrogens is 560 g/mol. The molecule has 0 atom stereocenters. The molecule has 6 aromatic rings. The fraction of sp³-hybridized carbons (Fsp3) is 0.333. The maximum absolute atomic E-state index is 2.71. The van der Waals surface area contributed by atoms with E-state index in [1.165, 1.54) is 67.1 Å². The Kier molecular flexibility index (Phi) is 9.59. The standard InChI is InChI=1S/C42H48N4/c1-43-21-11-23-46(32-42-39-19-9-5-15-35(39)30-36-16-6-10-20-40(36)42)28-26-44(2)22-12-24-45(27-25-43)31-41-37-17-7-3-13-33(37)29-34-14-4-8-18-38(34)41/h3-10,13-20,29-30H,11-12,21-28,31-32H2,1-2H3. The van der Waals surface area contributed by atoms with Crippen molar-refractivity contribution in [3.05, 3.63) is 120 Å². The first-order chi connectivity index (χ1) is 22.6. The van der Waals surface area contributed by atoms with Crippen molar-refractivity contribution in [1.29, 1.82) is 0 Å². The molecule has 0 radical (unpaired) electrons. The highest BCUT2D eigenvalue weighted by molar-refractivity contribution is 6.03. The molecule has 4 nitrogen and oxygen atoms in total. The Bertz CT molecular complexity index is 1680. The summed E-state index contributed by atoms with van der Waals surface area (Å²) in [4.78, 5) is 10.5. The van der Waals surface area contributed by atoms with Gasteiger partial charge in [0.1, 0.15) is 0 Å². The van der Waals surface area contributed by atoms with Crippen molar-refractivity contribution in [2.45, 2.75) is 25.9 Å². The summed E-state index contributed by atoms with van der Waals surface area (Å²) in [5.41, 5.74) is 2.95. The molecule has 236 valence electrons. The Labute approximate surface area is 274 Å². The number of benzene rings is 6. The van der Waals surface area contributed by atoms with Crippen molar-refractivity contribution < 1.29 is 0 Å². The number of hydrogen-bond acceptors (Lipinski definition) is 4. The van der Waals surface area contributed by atoms with E-state index >= 15 is 0 Å². The van der Waals surface area contributed by atoms with Gasteiger partial charge in [-0.05, 0) is 119 Å². The largest absolute Gasteiger partial charge is 0.305 e. The van der Waals surface area contributed by atoms with E-state index in [1.807, 2.05) is 0 Å². The van der Waals surface area contributed by atoms with Crippen LogP contribution in [0.25, 0.3) is 43.1 Å². The predicted molar refractivity (Wildman–Crippen MR) is 198 cm³/mol. The normalized spacial score (nSPS) is 17.6. The van der Waals surface area contributed by atoms with Gasteiger partial charge in [-0.1, -0.05) is 97.1 Å². The van der Waals surface area contributed by atoms with Crippen LogP contribution in [-0.4, -0.2) is 86.1 Å². The third-order valence-electron chi connectivity index (χ3n) is 10.2. The van der Waals surface area contributed by atoms with Crippen LogP contribution in [0.4, 0.5) is 0 Å². The van der Waals surface area contributed by atoms with Crippen LogP contribution in [-0.2, 0) is 13.1 Å². The van der Waals surface area contributed by atoms with Crippen LogP contribution >= 0.6 is 0 Å². The summed E-state index contributed by atoms with van der Waals surface area (Å²) < 4.78 is 0. The van der Waals surface area contributed by atoms with Crippen LogP contribution in [0, 0.1) is 0 Å². The van der Waals surface area contributed by atoms with Gasteiger partial charge in [0.15, 0.2) is 0 Å². The summed E-state index contributed by atoms with van der Waals surface area (Å²) in [7, 11) is 4.63. The summed E-state index contributed by atoms with van der Waals surface area (Å²) in [6.07, 6.45) is 2.35. The molecular formula is C42H48N4. The number of fused-ring (bicyclic) bond motifs is 4. The second kappa shape index (κ2) is 14.3. The third kappa shape index (κ3) is 6.96. The minimum Gasteiger partial charge on any atom is -0.305 e. The van der Waals surface area contributed by atoms with Gasteiger partial charge in [0.2, 0.25) is 0 Å². The molecule has 1 aliphatic rings. The minimum absolute atomic E-state index is 0.992. The van der Waals surface area contributed by atoms with E-state index in [2.05, 4.69) is 143 Å². The molecule has 0 bridgehead atoms. The molecule has 0 N–H and O–H groups in total. The topological polar surface area (TPSA) is 13.0 Å². The van der Waals surface area contributed by atoms with Gasteiger partial charge >= 0.3 is 0 Å². The van der Waals surface area contributed by atoms with Crippen LogP contribution in [0.5, 0.6) is 0 Å². The average Bonchev–Trinajstić information content (AvgIpc) is 3.08. The molecule has 0 spiro atoms. The van der Waals surface area contributed by atoms with E-state index in [4.69, 9.17) is 0 Å². The van der Waals surface area contributed by atoms with E-state index < -0.39 is 0 Å². The molecule has 0 aliphatic carbocycles. The van der Waals surface area contributed by atoms with E-state index in [1.54, 1.807) is 0 Å². The first-order valence-corrected chi connectivity index (χ1v) is 17.2. The minimum atomic E-state index is 0.992. The maximum Gasteiger partial charge on any atom is 0.0246 e. The molecule has 4 heteroatoms. The van der Waals surface area contributed by atoms with Gasteiger partial charge in [0.05, 0.1) is 0 Å². The molecule has 0 amide bonds. The first-order valence-electron chi connectivity index (χ1n) is 17.2. The van der Waals surface area contributed by atoms with Crippen molar-refractivity contribution in [1.82, 2.24) is 19.6 Å². The molecule has 1 aliphatic heterocycles. The quantitative estimate of drug-likeness (QED) is 0.187. The zero-order chi connectivity index (χ0) is 31.3. The Balaban J connectivity index is 1.08. The fourth-order valence-corrected chi connectivity index (χ4v) is 7.52. The van der Waals surface area contributed by atoms with Crippen molar-refractivity contribution in [3.8, 4) is 0 Å². The molecule has 1 heterocycles. The lowest BCUT2D eigenvalue weighted by Gasteiger charge is -2.30. The monoisotopic (exact) mass is 608 g/mol. The van der Waals surface area contributed by atoms with Crippen molar-refractivity contribution >= 4 is 43.1 Å². The highest BCUT2D eigenvalue weighted by atomic mass is 15.2. The predicted octanol–water partition coefficient (Wildman–Crippen LogP) is 8.26. The van der Waals surface area contributed by atoms with Crippen molar-refractivity contribution in [3.63, 3.8) is 0 Å². The van der Waals surface area contributed by atoms with Gasteiger partial charge in [-0.15, -0.1) is 0 Å². The zero-order valence-corrected chi connectivity index (χ0v) is 27.7. The van der Waals surface area contributed by atoms with E-state index in [-0.39, 0.29) is 0 Å². The van der Waals surface area contributed by atoms with Crippen LogP contribution in [0.2, 0.25) is 0 Å². The molecule has 6 aromatic carbocycles. The number of hydrogen-bond donors (Lipinski definition) is 0. The highest BCUT2D eigenvalue weighted by Gasteiger charge is 2.17.